The Hall–Kier alpha value is -0.870. The molecule has 4 nitrogen and oxygen atoms in total. The van der Waals surface area contributed by atoms with E-state index in [2.05, 4.69) is 15.3 Å². The lowest BCUT2D eigenvalue weighted by Gasteiger charge is -2.13. The Morgan fingerprint density at radius 3 is 2.73 bits per heavy atom. The summed E-state index contributed by atoms with van der Waals surface area (Å²) in [5.41, 5.74) is 1.77. The van der Waals surface area contributed by atoms with Crippen LogP contribution in [0.25, 0.3) is 0 Å². The molecule has 1 unspecified atom stereocenters. The van der Waals surface area contributed by atoms with Crippen LogP contribution in [0.5, 0.6) is 0 Å². The fourth-order valence-electron chi connectivity index (χ4n) is 1.51. The van der Waals surface area contributed by atoms with Gasteiger partial charge in [-0.15, -0.1) is 0 Å². The average Bonchev–Trinajstić information content (AvgIpc) is 2.67. The molecule has 0 bridgehead atoms. The second kappa shape index (κ2) is 4.33. The highest BCUT2D eigenvalue weighted by Crippen LogP contribution is 2.20. The maximum atomic E-state index is 6.00. The van der Waals surface area contributed by atoms with Crippen LogP contribution in [0.2, 0.25) is 5.15 Å². The van der Waals surface area contributed by atoms with Gasteiger partial charge < -0.3 is 10.1 Å². The minimum Gasteiger partial charge on any atom is -0.379 e. The van der Waals surface area contributed by atoms with Crippen molar-refractivity contribution >= 4 is 17.4 Å². The van der Waals surface area contributed by atoms with Crippen LogP contribution >= 0.6 is 11.6 Å². The van der Waals surface area contributed by atoms with Gasteiger partial charge in [-0.05, 0) is 20.3 Å². The van der Waals surface area contributed by atoms with Crippen molar-refractivity contribution in [2.45, 2.75) is 26.3 Å². The zero-order valence-corrected chi connectivity index (χ0v) is 9.64. The number of rotatable bonds is 2. The molecule has 0 radical (unpaired) electrons. The maximum absolute atomic E-state index is 6.00. The minimum atomic E-state index is 0.305. The van der Waals surface area contributed by atoms with E-state index >= 15 is 0 Å². The second-order valence-corrected chi connectivity index (χ2v) is 4.10. The molecule has 0 amide bonds. The molecule has 1 aliphatic heterocycles. The predicted molar refractivity (Wildman–Crippen MR) is 59.4 cm³/mol. The van der Waals surface area contributed by atoms with Crippen LogP contribution in [0, 0.1) is 13.8 Å². The van der Waals surface area contributed by atoms with E-state index in [-0.39, 0.29) is 0 Å². The Labute approximate surface area is 94.0 Å². The van der Waals surface area contributed by atoms with Crippen LogP contribution in [-0.2, 0) is 4.74 Å². The van der Waals surface area contributed by atoms with Crippen LogP contribution < -0.4 is 5.32 Å². The quantitative estimate of drug-likeness (QED) is 0.839. The van der Waals surface area contributed by atoms with E-state index in [0.29, 0.717) is 23.6 Å². The monoisotopic (exact) mass is 227 g/mol. The van der Waals surface area contributed by atoms with E-state index in [1.54, 1.807) is 0 Å². The summed E-state index contributed by atoms with van der Waals surface area (Å²) in [5.74, 6) is 0.662. The third-order valence-electron chi connectivity index (χ3n) is 2.53. The third kappa shape index (κ3) is 2.38. The SMILES string of the molecule is Cc1nc(Cl)c(NC2CCOC2)nc1C. The van der Waals surface area contributed by atoms with Crippen LogP contribution in [0.1, 0.15) is 17.8 Å². The van der Waals surface area contributed by atoms with E-state index in [4.69, 9.17) is 16.3 Å². The Bertz CT molecular complexity index is 364. The first-order chi connectivity index (χ1) is 7.16. The molecule has 0 aromatic carbocycles. The number of nitrogens with one attached hydrogen (secondary N) is 1. The number of aromatic nitrogens is 2. The van der Waals surface area contributed by atoms with E-state index < -0.39 is 0 Å². The first kappa shape index (κ1) is 10.6. The lowest BCUT2D eigenvalue weighted by Crippen LogP contribution is -2.20. The lowest BCUT2D eigenvalue weighted by molar-refractivity contribution is 0.195. The van der Waals surface area contributed by atoms with Crippen molar-refractivity contribution in [1.29, 1.82) is 0 Å². The molecule has 2 rings (SSSR count). The summed E-state index contributed by atoms with van der Waals surface area (Å²) in [5, 5.41) is 3.68. The van der Waals surface area contributed by atoms with Crippen molar-refractivity contribution in [3.8, 4) is 0 Å². The molecule has 0 spiro atoms. The van der Waals surface area contributed by atoms with E-state index in [1.807, 2.05) is 13.8 Å². The molecular weight excluding hydrogens is 214 g/mol. The first-order valence-electron chi connectivity index (χ1n) is 5.02. The number of halogens is 1. The van der Waals surface area contributed by atoms with Gasteiger partial charge in [-0.3, -0.25) is 0 Å². The van der Waals surface area contributed by atoms with Gasteiger partial charge in [-0.1, -0.05) is 11.6 Å². The Morgan fingerprint density at radius 1 is 1.33 bits per heavy atom. The summed E-state index contributed by atoms with van der Waals surface area (Å²) >= 11 is 6.00. The highest BCUT2D eigenvalue weighted by molar-refractivity contribution is 6.31. The summed E-state index contributed by atoms with van der Waals surface area (Å²) in [6.07, 6.45) is 0.991. The number of hydrogen-bond acceptors (Lipinski definition) is 4. The molecule has 1 saturated heterocycles. The number of anilines is 1. The molecular formula is C10H14ClN3O. The zero-order valence-electron chi connectivity index (χ0n) is 8.88. The lowest BCUT2D eigenvalue weighted by atomic mass is 10.2. The average molecular weight is 228 g/mol. The smallest absolute Gasteiger partial charge is 0.171 e. The molecule has 2 heterocycles. The van der Waals surface area contributed by atoms with Gasteiger partial charge in [-0.25, -0.2) is 9.97 Å². The predicted octanol–water partition coefficient (Wildman–Crippen LogP) is 1.95. The van der Waals surface area contributed by atoms with Gasteiger partial charge in [0.1, 0.15) is 0 Å². The topological polar surface area (TPSA) is 47.0 Å². The van der Waals surface area contributed by atoms with Gasteiger partial charge in [-0.2, -0.15) is 0 Å². The third-order valence-corrected chi connectivity index (χ3v) is 2.80. The molecule has 1 aliphatic rings. The van der Waals surface area contributed by atoms with Gasteiger partial charge in [0.15, 0.2) is 11.0 Å². The standard InChI is InChI=1S/C10H14ClN3O/c1-6-7(2)13-10(9(11)12-6)14-8-3-4-15-5-8/h8H,3-5H2,1-2H3,(H,13,14). The molecule has 1 atom stereocenters. The van der Waals surface area contributed by atoms with Crippen molar-refractivity contribution in [2.75, 3.05) is 18.5 Å². The molecule has 1 aromatic heterocycles. The van der Waals surface area contributed by atoms with Gasteiger partial charge in [0, 0.05) is 6.61 Å². The molecule has 1 fully saturated rings. The normalized spacial score (nSPS) is 20.6. The molecule has 5 heteroatoms. The summed E-state index contributed by atoms with van der Waals surface area (Å²) in [6, 6.07) is 0.305. The largest absolute Gasteiger partial charge is 0.379 e. The second-order valence-electron chi connectivity index (χ2n) is 3.74. The number of aryl methyl sites for hydroxylation is 2. The molecule has 15 heavy (non-hydrogen) atoms. The van der Waals surface area contributed by atoms with E-state index in [1.165, 1.54) is 0 Å². The molecule has 0 saturated carbocycles. The van der Waals surface area contributed by atoms with E-state index in [9.17, 15) is 0 Å². The number of hydrogen-bond donors (Lipinski definition) is 1. The maximum Gasteiger partial charge on any atom is 0.171 e. The molecule has 82 valence electrons. The number of nitrogens with zero attached hydrogens (tertiary/aromatic N) is 2. The Balaban J connectivity index is 2.16. The Morgan fingerprint density at radius 2 is 2.07 bits per heavy atom. The van der Waals surface area contributed by atoms with Crippen molar-refractivity contribution < 1.29 is 4.74 Å². The molecule has 1 aromatic rings. The van der Waals surface area contributed by atoms with Crippen molar-refractivity contribution in [3.05, 3.63) is 16.5 Å². The summed E-state index contributed by atoms with van der Waals surface area (Å²) in [6.45, 7) is 5.34. The van der Waals surface area contributed by atoms with Gasteiger partial charge in [0.05, 0.1) is 24.0 Å². The minimum absolute atomic E-state index is 0.305. The van der Waals surface area contributed by atoms with Crippen molar-refractivity contribution in [1.82, 2.24) is 9.97 Å². The fourth-order valence-corrected chi connectivity index (χ4v) is 1.73. The van der Waals surface area contributed by atoms with Crippen molar-refractivity contribution in [2.24, 2.45) is 0 Å². The number of ether oxygens (including phenoxy) is 1. The highest BCUT2D eigenvalue weighted by Gasteiger charge is 2.17. The van der Waals surface area contributed by atoms with Gasteiger partial charge in [0.25, 0.3) is 0 Å². The summed E-state index contributed by atoms with van der Waals surface area (Å²) in [7, 11) is 0. The van der Waals surface area contributed by atoms with Crippen LogP contribution in [0.15, 0.2) is 0 Å². The Kier molecular flexibility index (Phi) is 3.07. The van der Waals surface area contributed by atoms with Crippen LogP contribution in [-0.4, -0.2) is 29.2 Å². The first-order valence-corrected chi connectivity index (χ1v) is 5.39. The highest BCUT2D eigenvalue weighted by atomic mass is 35.5. The summed E-state index contributed by atoms with van der Waals surface area (Å²) < 4.78 is 5.27. The van der Waals surface area contributed by atoms with E-state index in [0.717, 1.165) is 24.4 Å². The van der Waals surface area contributed by atoms with Crippen molar-refractivity contribution in [3.63, 3.8) is 0 Å². The van der Waals surface area contributed by atoms with Gasteiger partial charge in [0.2, 0.25) is 0 Å². The zero-order chi connectivity index (χ0) is 10.8. The fraction of sp³-hybridized carbons (Fsp3) is 0.600. The summed E-state index contributed by atoms with van der Waals surface area (Å²) in [4.78, 5) is 8.59. The van der Waals surface area contributed by atoms with Crippen LogP contribution in [0.3, 0.4) is 0 Å². The van der Waals surface area contributed by atoms with Crippen LogP contribution in [0.4, 0.5) is 5.82 Å². The van der Waals surface area contributed by atoms with Gasteiger partial charge >= 0.3 is 0 Å². The molecule has 1 N–H and O–H groups in total. The molecule has 0 aliphatic carbocycles.